The number of carbonyl (C=O) groups is 2. The van der Waals surface area contributed by atoms with Crippen LogP contribution in [0, 0.1) is 0 Å². The molecule has 0 bridgehead atoms. The molecule has 0 aliphatic carbocycles. The monoisotopic (exact) mass is 663 g/mol. The lowest BCUT2D eigenvalue weighted by atomic mass is 10.0. The van der Waals surface area contributed by atoms with Crippen molar-refractivity contribution in [3.63, 3.8) is 0 Å². The average Bonchev–Trinajstić information content (AvgIpc) is 3.07. The SMILES string of the molecule is CC/C=C/C/C=C/C=C/C(O)CCCCCCCC(=O)O[C@@H](CO)COC(=O)CCCCCCCCCCCCCCCCCCC. The summed E-state index contributed by atoms with van der Waals surface area (Å²) in [6.07, 6.45) is 40.8. The number of aliphatic hydroxyl groups excluding tert-OH is 2. The van der Waals surface area contributed by atoms with E-state index >= 15 is 0 Å². The van der Waals surface area contributed by atoms with E-state index in [1.165, 1.54) is 89.9 Å². The van der Waals surface area contributed by atoms with Crippen molar-refractivity contribution < 1.29 is 29.3 Å². The highest BCUT2D eigenvalue weighted by atomic mass is 16.6. The van der Waals surface area contributed by atoms with Crippen molar-refractivity contribution in [2.24, 2.45) is 0 Å². The number of hydrogen-bond donors (Lipinski definition) is 2. The first-order valence-corrected chi connectivity index (χ1v) is 19.7. The summed E-state index contributed by atoms with van der Waals surface area (Å²) >= 11 is 0. The van der Waals surface area contributed by atoms with Crippen molar-refractivity contribution in [1.82, 2.24) is 0 Å². The summed E-state index contributed by atoms with van der Waals surface area (Å²) in [5.74, 6) is -0.663. The van der Waals surface area contributed by atoms with Crippen LogP contribution in [0.15, 0.2) is 36.5 Å². The zero-order valence-electron chi connectivity index (χ0n) is 30.7. The Hall–Kier alpha value is -1.92. The van der Waals surface area contributed by atoms with Crippen LogP contribution in [0.25, 0.3) is 0 Å². The van der Waals surface area contributed by atoms with Crippen molar-refractivity contribution in [2.75, 3.05) is 13.2 Å². The van der Waals surface area contributed by atoms with Crippen LogP contribution in [0.4, 0.5) is 0 Å². The highest BCUT2D eigenvalue weighted by molar-refractivity contribution is 5.70. The third kappa shape index (κ3) is 35.2. The first-order chi connectivity index (χ1) is 23.0. The van der Waals surface area contributed by atoms with Crippen LogP contribution in [0.5, 0.6) is 0 Å². The summed E-state index contributed by atoms with van der Waals surface area (Å²) in [6.45, 7) is 3.93. The van der Waals surface area contributed by atoms with E-state index in [2.05, 4.69) is 32.1 Å². The van der Waals surface area contributed by atoms with Gasteiger partial charge in [-0.2, -0.15) is 0 Å². The molecule has 2 atom stereocenters. The lowest BCUT2D eigenvalue weighted by Gasteiger charge is -2.15. The normalized spacial score (nSPS) is 13.2. The molecule has 47 heavy (non-hydrogen) atoms. The van der Waals surface area contributed by atoms with Gasteiger partial charge in [0.25, 0.3) is 0 Å². The van der Waals surface area contributed by atoms with Gasteiger partial charge in [-0.15, -0.1) is 0 Å². The molecule has 2 N–H and O–H groups in total. The van der Waals surface area contributed by atoms with Gasteiger partial charge in [0.2, 0.25) is 0 Å². The maximum absolute atomic E-state index is 12.2. The van der Waals surface area contributed by atoms with Gasteiger partial charge in [-0.3, -0.25) is 9.59 Å². The molecule has 1 unspecified atom stereocenters. The number of unbranched alkanes of at least 4 members (excludes halogenated alkanes) is 20. The Labute approximate surface area is 289 Å². The Bertz CT molecular complexity index is 774. The van der Waals surface area contributed by atoms with E-state index in [1.54, 1.807) is 0 Å². The minimum Gasteiger partial charge on any atom is -0.462 e. The molecule has 6 nitrogen and oxygen atoms in total. The summed E-state index contributed by atoms with van der Waals surface area (Å²) in [5, 5.41) is 19.6. The molecule has 0 spiro atoms. The van der Waals surface area contributed by atoms with Crippen LogP contribution < -0.4 is 0 Å². The van der Waals surface area contributed by atoms with E-state index in [9.17, 15) is 19.8 Å². The Morgan fingerprint density at radius 2 is 1.09 bits per heavy atom. The molecular weight excluding hydrogens is 588 g/mol. The third-order valence-corrected chi connectivity index (χ3v) is 8.55. The third-order valence-electron chi connectivity index (χ3n) is 8.55. The summed E-state index contributed by atoms with van der Waals surface area (Å²) < 4.78 is 10.6. The number of hydrogen-bond acceptors (Lipinski definition) is 6. The fourth-order valence-corrected chi connectivity index (χ4v) is 5.56. The second-order valence-corrected chi connectivity index (χ2v) is 13.2. The number of ether oxygens (including phenoxy) is 2. The Morgan fingerprint density at radius 3 is 1.60 bits per heavy atom. The molecule has 0 heterocycles. The molecule has 0 radical (unpaired) electrons. The van der Waals surface area contributed by atoms with Gasteiger partial charge in [0, 0.05) is 12.8 Å². The van der Waals surface area contributed by atoms with E-state index in [1.807, 2.05) is 18.2 Å². The smallest absolute Gasteiger partial charge is 0.306 e. The fourth-order valence-electron chi connectivity index (χ4n) is 5.56. The fraction of sp³-hybridized carbons (Fsp3) is 0.805. The van der Waals surface area contributed by atoms with Crippen LogP contribution >= 0.6 is 0 Å². The first kappa shape index (κ1) is 45.1. The molecule has 274 valence electrons. The van der Waals surface area contributed by atoms with Crippen LogP contribution in [0.3, 0.4) is 0 Å². The standard InChI is InChI=1S/C41H74O6/c1-3-5-7-9-11-12-13-14-15-16-17-18-19-20-22-26-30-34-40(44)46-37-39(36-42)47-41(45)35-31-27-23-25-29-33-38(43)32-28-24-21-10-8-6-4-2/h6,8,21,24,28,32,38-39,42-43H,3-5,7,9-20,22-23,25-27,29-31,33-37H2,1-2H3/b8-6+,24-21+,32-28+/t38?,39-/m0/s1. The van der Waals surface area contributed by atoms with Crippen LogP contribution in [0.2, 0.25) is 0 Å². The molecule has 0 amide bonds. The van der Waals surface area contributed by atoms with Crippen molar-refractivity contribution in [3.05, 3.63) is 36.5 Å². The molecule has 0 aromatic carbocycles. The van der Waals surface area contributed by atoms with Gasteiger partial charge in [-0.05, 0) is 32.1 Å². The second kappa shape index (κ2) is 36.9. The van der Waals surface area contributed by atoms with Gasteiger partial charge < -0.3 is 19.7 Å². The molecule has 0 saturated carbocycles. The van der Waals surface area contributed by atoms with Crippen molar-refractivity contribution in [2.45, 2.75) is 199 Å². The molecule has 0 aromatic heterocycles. The summed E-state index contributed by atoms with van der Waals surface area (Å²) in [4.78, 5) is 24.2. The molecule has 0 aromatic rings. The number of carbonyl (C=O) groups excluding carboxylic acids is 2. The zero-order chi connectivity index (χ0) is 34.5. The maximum Gasteiger partial charge on any atom is 0.306 e. The first-order valence-electron chi connectivity index (χ1n) is 19.7. The number of rotatable bonds is 35. The molecule has 0 rings (SSSR count). The highest BCUT2D eigenvalue weighted by Gasteiger charge is 2.16. The van der Waals surface area contributed by atoms with Gasteiger partial charge in [0.05, 0.1) is 12.7 Å². The highest BCUT2D eigenvalue weighted by Crippen LogP contribution is 2.15. The van der Waals surface area contributed by atoms with Crippen molar-refractivity contribution >= 4 is 11.9 Å². The lowest BCUT2D eigenvalue weighted by Crippen LogP contribution is -2.28. The molecule has 6 heteroatoms. The quantitative estimate of drug-likeness (QED) is 0.0304. The van der Waals surface area contributed by atoms with Gasteiger partial charge in [0.15, 0.2) is 6.10 Å². The minimum absolute atomic E-state index is 0.0947. The summed E-state index contributed by atoms with van der Waals surface area (Å²) in [7, 11) is 0. The Kier molecular flexibility index (Phi) is 35.4. The van der Waals surface area contributed by atoms with E-state index < -0.39 is 12.2 Å². The van der Waals surface area contributed by atoms with E-state index in [4.69, 9.17) is 9.47 Å². The van der Waals surface area contributed by atoms with Crippen LogP contribution in [0.1, 0.15) is 187 Å². The van der Waals surface area contributed by atoms with Gasteiger partial charge >= 0.3 is 11.9 Å². The van der Waals surface area contributed by atoms with Crippen molar-refractivity contribution in [3.8, 4) is 0 Å². The van der Waals surface area contributed by atoms with Gasteiger partial charge in [-0.25, -0.2) is 0 Å². The average molecular weight is 663 g/mol. The van der Waals surface area contributed by atoms with E-state index in [0.29, 0.717) is 6.42 Å². The van der Waals surface area contributed by atoms with E-state index in [-0.39, 0.29) is 31.6 Å². The van der Waals surface area contributed by atoms with Crippen molar-refractivity contribution in [1.29, 1.82) is 0 Å². The van der Waals surface area contributed by atoms with Crippen LogP contribution in [-0.4, -0.2) is 47.6 Å². The molecular formula is C41H74O6. The predicted molar refractivity (Wildman–Crippen MR) is 197 cm³/mol. The maximum atomic E-state index is 12.2. The molecule has 0 aliphatic rings. The largest absolute Gasteiger partial charge is 0.462 e. The van der Waals surface area contributed by atoms with Gasteiger partial charge in [0.1, 0.15) is 6.61 Å². The summed E-state index contributed by atoms with van der Waals surface area (Å²) in [5.41, 5.74) is 0. The Morgan fingerprint density at radius 1 is 0.596 bits per heavy atom. The minimum atomic E-state index is -0.806. The summed E-state index contributed by atoms with van der Waals surface area (Å²) in [6, 6.07) is 0. The molecule has 0 aliphatic heterocycles. The number of aliphatic hydroxyl groups is 2. The lowest BCUT2D eigenvalue weighted by molar-refractivity contribution is -0.161. The van der Waals surface area contributed by atoms with E-state index in [0.717, 1.165) is 70.6 Å². The number of allylic oxidation sites excluding steroid dienone is 5. The zero-order valence-corrected chi connectivity index (χ0v) is 30.7. The second-order valence-electron chi connectivity index (χ2n) is 13.2. The Balaban J connectivity index is 3.62. The number of esters is 2. The van der Waals surface area contributed by atoms with Gasteiger partial charge in [-0.1, -0.05) is 179 Å². The van der Waals surface area contributed by atoms with Crippen LogP contribution in [-0.2, 0) is 19.1 Å². The predicted octanol–water partition coefficient (Wildman–Crippen LogP) is 11.0. The molecule has 0 saturated heterocycles. The topological polar surface area (TPSA) is 93.1 Å². The molecule has 0 fully saturated rings.